The van der Waals surface area contributed by atoms with Crippen molar-refractivity contribution in [1.82, 2.24) is 15.0 Å². The molecule has 0 amide bonds. The van der Waals surface area contributed by atoms with Crippen LogP contribution in [0.15, 0.2) is 4.52 Å². The van der Waals surface area contributed by atoms with Crippen LogP contribution in [0.5, 0.6) is 0 Å². The normalized spacial score (nSPS) is 19.5. The third kappa shape index (κ3) is 1.46. The Bertz CT molecular complexity index is 267. The van der Waals surface area contributed by atoms with E-state index in [1.165, 1.54) is 0 Å². The summed E-state index contributed by atoms with van der Waals surface area (Å²) in [4.78, 5) is 6.11. The Kier molecular flexibility index (Phi) is 1.82. The lowest BCUT2D eigenvalue weighted by molar-refractivity contribution is -0.00806. The van der Waals surface area contributed by atoms with Crippen LogP contribution in [0.2, 0.25) is 0 Å². The maximum Gasteiger partial charge on any atom is 0.240 e. The quantitative estimate of drug-likeness (QED) is 0.650. The average Bonchev–Trinajstić information content (AvgIpc) is 2.33. The summed E-state index contributed by atoms with van der Waals surface area (Å²) in [6.45, 7) is 3.86. The van der Waals surface area contributed by atoms with Crippen LogP contribution >= 0.6 is 0 Å². The van der Waals surface area contributed by atoms with Gasteiger partial charge in [0, 0.05) is 13.1 Å². The van der Waals surface area contributed by atoms with Gasteiger partial charge in [-0.05, 0) is 6.92 Å². The highest BCUT2D eigenvalue weighted by atomic mass is 16.5. The molecule has 0 spiro atoms. The summed E-state index contributed by atoms with van der Waals surface area (Å²) in [6.07, 6.45) is -0.172. The molecule has 0 aromatic carbocycles. The maximum atomic E-state index is 8.99. The fraction of sp³-hybridized carbons (Fsp3) is 0.714. The standard InChI is InChI=1S/C7H11N3O2/c1-5-8-7(12-9-5)4-10-2-6(11)3-10/h6,11H,2-4H2,1H3. The molecule has 1 aliphatic heterocycles. The minimum absolute atomic E-state index is 0.172. The third-order valence-electron chi connectivity index (χ3n) is 1.87. The van der Waals surface area contributed by atoms with Crippen molar-refractivity contribution in [3.8, 4) is 0 Å². The fourth-order valence-electron chi connectivity index (χ4n) is 1.27. The highest BCUT2D eigenvalue weighted by Gasteiger charge is 2.25. The van der Waals surface area contributed by atoms with Gasteiger partial charge in [0.2, 0.25) is 5.89 Å². The summed E-state index contributed by atoms with van der Waals surface area (Å²) in [5.74, 6) is 1.28. The number of β-amino-alcohol motifs (C(OH)–C–C–N with tert-alkyl or cyclic N) is 1. The van der Waals surface area contributed by atoms with Crippen LogP contribution in [0.25, 0.3) is 0 Å². The molecular formula is C7H11N3O2. The Hall–Kier alpha value is -0.940. The molecule has 12 heavy (non-hydrogen) atoms. The van der Waals surface area contributed by atoms with Crippen LogP contribution in [0.4, 0.5) is 0 Å². The number of likely N-dealkylation sites (tertiary alicyclic amines) is 1. The van der Waals surface area contributed by atoms with E-state index in [-0.39, 0.29) is 6.10 Å². The molecule has 1 saturated heterocycles. The summed E-state index contributed by atoms with van der Waals surface area (Å²) < 4.78 is 4.92. The van der Waals surface area contributed by atoms with Crippen LogP contribution in [0.3, 0.4) is 0 Å². The van der Waals surface area contributed by atoms with Gasteiger partial charge in [-0.1, -0.05) is 5.16 Å². The smallest absolute Gasteiger partial charge is 0.240 e. The molecule has 1 N–H and O–H groups in total. The number of hydrogen-bond donors (Lipinski definition) is 1. The first-order valence-corrected chi connectivity index (χ1v) is 3.93. The molecule has 1 aromatic rings. The van der Waals surface area contributed by atoms with E-state index >= 15 is 0 Å². The number of rotatable bonds is 2. The molecule has 66 valence electrons. The van der Waals surface area contributed by atoms with Crippen molar-refractivity contribution >= 4 is 0 Å². The number of aliphatic hydroxyl groups is 1. The van der Waals surface area contributed by atoms with Gasteiger partial charge in [0.25, 0.3) is 0 Å². The van der Waals surface area contributed by atoms with Gasteiger partial charge in [0.05, 0.1) is 12.6 Å². The molecule has 0 atom stereocenters. The van der Waals surface area contributed by atoms with E-state index in [2.05, 4.69) is 15.0 Å². The van der Waals surface area contributed by atoms with E-state index in [0.29, 0.717) is 31.3 Å². The highest BCUT2D eigenvalue weighted by Crippen LogP contribution is 2.11. The summed E-state index contributed by atoms with van der Waals surface area (Å²) in [7, 11) is 0. The van der Waals surface area contributed by atoms with Crippen molar-refractivity contribution < 1.29 is 9.63 Å². The Balaban J connectivity index is 1.88. The Labute approximate surface area is 70.0 Å². The SMILES string of the molecule is Cc1noc(CN2CC(O)C2)n1. The molecule has 1 aromatic heterocycles. The van der Waals surface area contributed by atoms with E-state index in [1.807, 2.05) is 0 Å². The predicted molar refractivity (Wildman–Crippen MR) is 40.3 cm³/mol. The third-order valence-corrected chi connectivity index (χ3v) is 1.87. The van der Waals surface area contributed by atoms with Gasteiger partial charge in [-0.3, -0.25) is 4.90 Å². The van der Waals surface area contributed by atoms with Crippen molar-refractivity contribution in [3.05, 3.63) is 11.7 Å². The van der Waals surface area contributed by atoms with Gasteiger partial charge >= 0.3 is 0 Å². The minimum Gasteiger partial charge on any atom is -0.390 e. The van der Waals surface area contributed by atoms with Crippen molar-refractivity contribution in [1.29, 1.82) is 0 Å². The first kappa shape index (κ1) is 7.70. The van der Waals surface area contributed by atoms with Gasteiger partial charge in [-0.2, -0.15) is 4.98 Å². The van der Waals surface area contributed by atoms with Crippen molar-refractivity contribution in [2.75, 3.05) is 13.1 Å². The molecule has 5 heteroatoms. The zero-order valence-electron chi connectivity index (χ0n) is 6.90. The first-order chi connectivity index (χ1) is 5.74. The Morgan fingerprint density at radius 1 is 1.67 bits per heavy atom. The lowest BCUT2D eigenvalue weighted by atomic mass is 10.2. The summed E-state index contributed by atoms with van der Waals surface area (Å²) in [5.41, 5.74) is 0. The molecule has 2 heterocycles. The summed E-state index contributed by atoms with van der Waals surface area (Å²) >= 11 is 0. The molecule has 0 aliphatic carbocycles. The van der Waals surface area contributed by atoms with Gasteiger partial charge in [-0.15, -0.1) is 0 Å². The molecule has 1 aliphatic rings. The van der Waals surface area contributed by atoms with Crippen LogP contribution < -0.4 is 0 Å². The zero-order valence-corrected chi connectivity index (χ0v) is 6.90. The van der Waals surface area contributed by atoms with Crippen LogP contribution in [0, 0.1) is 6.92 Å². The highest BCUT2D eigenvalue weighted by molar-refractivity contribution is 4.87. The number of aryl methyl sites for hydroxylation is 1. The monoisotopic (exact) mass is 169 g/mol. The van der Waals surface area contributed by atoms with Crippen molar-refractivity contribution in [2.24, 2.45) is 0 Å². The summed E-state index contributed by atoms with van der Waals surface area (Å²) in [6, 6.07) is 0. The van der Waals surface area contributed by atoms with Crippen molar-refractivity contribution in [2.45, 2.75) is 19.6 Å². The molecule has 0 saturated carbocycles. The lowest BCUT2D eigenvalue weighted by Gasteiger charge is -2.34. The molecule has 2 rings (SSSR count). The Morgan fingerprint density at radius 3 is 2.92 bits per heavy atom. The number of hydrogen-bond acceptors (Lipinski definition) is 5. The largest absolute Gasteiger partial charge is 0.390 e. The number of aromatic nitrogens is 2. The van der Waals surface area contributed by atoms with E-state index in [1.54, 1.807) is 6.92 Å². The average molecular weight is 169 g/mol. The van der Waals surface area contributed by atoms with E-state index < -0.39 is 0 Å². The minimum atomic E-state index is -0.172. The van der Waals surface area contributed by atoms with E-state index in [0.717, 1.165) is 0 Å². The second kappa shape index (κ2) is 2.84. The summed E-state index contributed by atoms with van der Waals surface area (Å²) in [5, 5.41) is 12.7. The lowest BCUT2D eigenvalue weighted by Crippen LogP contribution is -2.49. The van der Waals surface area contributed by atoms with Gasteiger partial charge in [-0.25, -0.2) is 0 Å². The van der Waals surface area contributed by atoms with E-state index in [9.17, 15) is 0 Å². The molecule has 0 radical (unpaired) electrons. The van der Waals surface area contributed by atoms with Crippen LogP contribution in [-0.4, -0.2) is 39.3 Å². The fourth-order valence-corrected chi connectivity index (χ4v) is 1.27. The van der Waals surface area contributed by atoms with E-state index in [4.69, 9.17) is 9.63 Å². The van der Waals surface area contributed by atoms with Crippen LogP contribution in [0.1, 0.15) is 11.7 Å². The molecular weight excluding hydrogens is 158 g/mol. The second-order valence-electron chi connectivity index (χ2n) is 3.08. The topological polar surface area (TPSA) is 62.4 Å². The molecule has 1 fully saturated rings. The molecule has 0 bridgehead atoms. The maximum absolute atomic E-state index is 8.99. The van der Waals surface area contributed by atoms with Gasteiger partial charge in [0.1, 0.15) is 0 Å². The first-order valence-electron chi connectivity index (χ1n) is 3.93. The zero-order chi connectivity index (χ0) is 8.55. The van der Waals surface area contributed by atoms with Crippen LogP contribution in [-0.2, 0) is 6.54 Å². The Morgan fingerprint density at radius 2 is 2.42 bits per heavy atom. The van der Waals surface area contributed by atoms with Gasteiger partial charge < -0.3 is 9.63 Å². The van der Waals surface area contributed by atoms with Gasteiger partial charge in [0.15, 0.2) is 5.82 Å². The number of aliphatic hydroxyl groups excluding tert-OH is 1. The van der Waals surface area contributed by atoms with Crippen molar-refractivity contribution in [3.63, 3.8) is 0 Å². The second-order valence-corrected chi connectivity index (χ2v) is 3.08. The molecule has 0 unspecified atom stereocenters. The predicted octanol–water partition coefficient (Wildman–Crippen LogP) is -0.445. The molecule has 5 nitrogen and oxygen atoms in total. The number of nitrogens with zero attached hydrogens (tertiary/aromatic N) is 3.